The van der Waals surface area contributed by atoms with Gasteiger partial charge in [-0.3, -0.25) is 14.3 Å². The van der Waals surface area contributed by atoms with Gasteiger partial charge in [-0.25, -0.2) is 9.59 Å². The Morgan fingerprint density at radius 1 is 1.37 bits per heavy atom. The number of carboxylic acid groups (broad SMARTS) is 1. The molecule has 0 unspecified atom stereocenters. The third-order valence-electron chi connectivity index (χ3n) is 3.62. The molecule has 2 rings (SSSR count). The number of aryl methyl sites for hydroxylation is 1. The maximum Gasteiger partial charge on any atom is 0.341 e. The minimum absolute atomic E-state index is 0.00893. The van der Waals surface area contributed by atoms with E-state index in [0.29, 0.717) is 6.42 Å². The van der Waals surface area contributed by atoms with Gasteiger partial charge in [0, 0.05) is 7.05 Å². The number of nitrogens with two attached hydrogens (primary N) is 1. The minimum Gasteiger partial charge on any atom is -0.478 e. The third kappa shape index (κ3) is 3.97. The van der Waals surface area contributed by atoms with E-state index in [1.165, 1.54) is 14.0 Å². The van der Waals surface area contributed by atoms with Crippen LogP contribution in [0.25, 0.3) is 0 Å². The first-order valence-electron chi connectivity index (χ1n) is 7.85. The molecule has 2 amide bonds. The van der Waals surface area contributed by atoms with Crippen LogP contribution in [0, 0.1) is 6.92 Å². The number of aromatic nitrogens is 2. The fraction of sp³-hybridized carbons (Fsp3) is 0.312. The summed E-state index contributed by atoms with van der Waals surface area (Å²) < 4.78 is 6.20. The number of carboxylic acids is 1. The summed E-state index contributed by atoms with van der Waals surface area (Å²) in [6.45, 7) is 3.50. The van der Waals surface area contributed by atoms with Crippen LogP contribution >= 0.6 is 11.3 Å². The average Bonchev–Trinajstić information content (AvgIpc) is 3.13. The van der Waals surface area contributed by atoms with Gasteiger partial charge < -0.3 is 20.9 Å². The van der Waals surface area contributed by atoms with Crippen LogP contribution in [0.4, 0.5) is 5.00 Å². The summed E-state index contributed by atoms with van der Waals surface area (Å²) in [5.41, 5.74) is 5.11. The third-order valence-corrected chi connectivity index (χ3v) is 4.85. The summed E-state index contributed by atoms with van der Waals surface area (Å²) in [4.78, 5) is 47.9. The summed E-state index contributed by atoms with van der Waals surface area (Å²) in [6.07, 6.45) is 1.64. The number of rotatable bonds is 7. The molecule has 2 heterocycles. The molecule has 10 nitrogen and oxygen atoms in total. The Hall–Kier alpha value is -3.21. The number of carbonyl (C=O) groups excluding carboxylic acids is 3. The minimum atomic E-state index is -1.32. The van der Waals surface area contributed by atoms with Crippen molar-refractivity contribution in [1.29, 1.82) is 0 Å². The number of nitrogens with zero attached hydrogens (tertiary/aromatic N) is 2. The summed E-state index contributed by atoms with van der Waals surface area (Å²) in [6, 6.07) is 0. The van der Waals surface area contributed by atoms with Crippen LogP contribution in [0.3, 0.4) is 0 Å². The lowest BCUT2D eigenvalue weighted by molar-refractivity contribution is 0.0505. The van der Waals surface area contributed by atoms with E-state index in [0.717, 1.165) is 22.2 Å². The summed E-state index contributed by atoms with van der Waals surface area (Å²) in [5, 5.41) is 15.5. The molecular formula is C16H18N4O6S. The lowest BCUT2D eigenvalue weighted by Gasteiger charge is -2.08. The normalized spacial score (nSPS) is 10.5. The number of ether oxygens (including phenoxy) is 1. The molecule has 0 saturated carbocycles. The van der Waals surface area contributed by atoms with Crippen molar-refractivity contribution in [2.24, 2.45) is 12.8 Å². The van der Waals surface area contributed by atoms with Gasteiger partial charge in [-0.1, -0.05) is 6.92 Å². The van der Waals surface area contributed by atoms with E-state index >= 15 is 0 Å². The Balaban J connectivity index is 2.46. The summed E-state index contributed by atoms with van der Waals surface area (Å²) >= 11 is 0.817. The number of aromatic carboxylic acids is 1. The maximum atomic E-state index is 12.6. The number of thiophene rings is 1. The van der Waals surface area contributed by atoms with Crippen molar-refractivity contribution < 1.29 is 29.0 Å². The van der Waals surface area contributed by atoms with E-state index in [1.807, 2.05) is 6.92 Å². The number of amides is 2. The van der Waals surface area contributed by atoms with Crippen LogP contribution in [0.2, 0.25) is 0 Å². The molecule has 0 atom stereocenters. The lowest BCUT2D eigenvalue weighted by atomic mass is 10.1. The van der Waals surface area contributed by atoms with E-state index in [1.54, 1.807) is 0 Å². The first-order chi connectivity index (χ1) is 12.7. The van der Waals surface area contributed by atoms with E-state index in [9.17, 15) is 24.3 Å². The molecule has 0 aromatic carbocycles. The van der Waals surface area contributed by atoms with Crippen LogP contribution in [0.5, 0.6) is 0 Å². The van der Waals surface area contributed by atoms with Gasteiger partial charge >= 0.3 is 11.9 Å². The van der Waals surface area contributed by atoms with Crippen LogP contribution in [-0.4, -0.2) is 45.2 Å². The van der Waals surface area contributed by atoms with E-state index in [4.69, 9.17) is 10.5 Å². The second-order valence-electron chi connectivity index (χ2n) is 5.55. The standard InChI is InChI=1S/C16H18N4O6S/c1-4-5-26-16(25)9-7(2)11(12(17)21)27-14(9)19-13(22)10-8(15(23)24)6-18-20(10)3/h6H,4-5H2,1-3H3,(H2,17,21)(H,19,22)(H,23,24). The molecule has 27 heavy (non-hydrogen) atoms. The zero-order valence-corrected chi connectivity index (χ0v) is 15.7. The maximum absolute atomic E-state index is 12.6. The van der Waals surface area contributed by atoms with Crippen molar-refractivity contribution in [3.63, 3.8) is 0 Å². The zero-order chi connectivity index (χ0) is 20.3. The predicted molar refractivity (Wildman–Crippen MR) is 96.3 cm³/mol. The molecule has 0 aliphatic heterocycles. The molecule has 0 fully saturated rings. The van der Waals surface area contributed by atoms with Crippen LogP contribution in [0.1, 0.15) is 59.8 Å². The van der Waals surface area contributed by atoms with Gasteiger partial charge in [0.05, 0.1) is 23.2 Å². The number of esters is 1. The molecule has 0 spiro atoms. The highest BCUT2D eigenvalue weighted by Gasteiger charge is 2.28. The number of hydrogen-bond acceptors (Lipinski definition) is 7. The van der Waals surface area contributed by atoms with E-state index in [-0.39, 0.29) is 38.9 Å². The summed E-state index contributed by atoms with van der Waals surface area (Å²) in [7, 11) is 1.41. The van der Waals surface area contributed by atoms with Crippen molar-refractivity contribution in [2.75, 3.05) is 11.9 Å². The molecular weight excluding hydrogens is 376 g/mol. The largest absolute Gasteiger partial charge is 0.478 e. The van der Waals surface area contributed by atoms with Crippen molar-refractivity contribution in [1.82, 2.24) is 9.78 Å². The molecule has 2 aromatic heterocycles. The molecule has 0 aliphatic rings. The van der Waals surface area contributed by atoms with Crippen LogP contribution < -0.4 is 11.1 Å². The Kier molecular flexibility index (Phi) is 5.95. The molecule has 4 N–H and O–H groups in total. The number of carbonyl (C=O) groups is 4. The number of hydrogen-bond donors (Lipinski definition) is 3. The van der Waals surface area contributed by atoms with Gasteiger partial charge in [0.2, 0.25) is 0 Å². The SMILES string of the molecule is CCCOC(=O)c1c(NC(=O)c2c(C(=O)O)cnn2C)sc(C(N)=O)c1C. The molecule has 2 aromatic rings. The van der Waals surface area contributed by atoms with Gasteiger partial charge in [0.1, 0.15) is 16.3 Å². The van der Waals surface area contributed by atoms with Gasteiger partial charge in [-0.15, -0.1) is 11.3 Å². The number of primary amides is 1. The van der Waals surface area contributed by atoms with Crippen molar-refractivity contribution in [2.45, 2.75) is 20.3 Å². The monoisotopic (exact) mass is 394 g/mol. The second-order valence-corrected chi connectivity index (χ2v) is 6.57. The van der Waals surface area contributed by atoms with Crippen LogP contribution in [-0.2, 0) is 11.8 Å². The second kappa shape index (κ2) is 7.99. The van der Waals surface area contributed by atoms with Crippen molar-refractivity contribution in [3.8, 4) is 0 Å². The summed E-state index contributed by atoms with van der Waals surface area (Å²) in [5.74, 6) is -3.59. The van der Waals surface area contributed by atoms with Crippen molar-refractivity contribution in [3.05, 3.63) is 33.5 Å². The Morgan fingerprint density at radius 2 is 2.04 bits per heavy atom. The molecule has 144 valence electrons. The predicted octanol–water partition coefficient (Wildman–Crippen LogP) is 1.41. The van der Waals surface area contributed by atoms with Crippen LogP contribution in [0.15, 0.2) is 6.20 Å². The smallest absolute Gasteiger partial charge is 0.341 e. The fourth-order valence-corrected chi connectivity index (χ4v) is 3.42. The van der Waals surface area contributed by atoms with E-state index in [2.05, 4.69) is 10.4 Å². The van der Waals surface area contributed by atoms with Gasteiger partial charge in [-0.05, 0) is 18.9 Å². The highest BCUT2D eigenvalue weighted by atomic mass is 32.1. The first-order valence-corrected chi connectivity index (χ1v) is 8.67. The Morgan fingerprint density at radius 3 is 2.59 bits per heavy atom. The topological polar surface area (TPSA) is 154 Å². The zero-order valence-electron chi connectivity index (χ0n) is 14.9. The molecule has 0 saturated heterocycles. The fourth-order valence-electron chi connectivity index (χ4n) is 2.37. The van der Waals surface area contributed by atoms with Gasteiger partial charge in [0.25, 0.3) is 11.8 Å². The highest BCUT2D eigenvalue weighted by molar-refractivity contribution is 7.18. The van der Waals surface area contributed by atoms with Gasteiger partial charge in [0.15, 0.2) is 0 Å². The number of anilines is 1. The molecule has 0 aliphatic carbocycles. The number of nitrogens with one attached hydrogen (secondary N) is 1. The highest BCUT2D eigenvalue weighted by Crippen LogP contribution is 2.34. The Bertz CT molecular complexity index is 930. The molecule has 11 heteroatoms. The molecule has 0 bridgehead atoms. The molecule has 0 radical (unpaired) electrons. The first kappa shape index (κ1) is 20.1. The van der Waals surface area contributed by atoms with Crippen molar-refractivity contribution >= 4 is 40.1 Å². The lowest BCUT2D eigenvalue weighted by Crippen LogP contribution is -2.20. The average molecular weight is 394 g/mol. The van der Waals surface area contributed by atoms with E-state index < -0.39 is 23.8 Å². The van der Waals surface area contributed by atoms with Gasteiger partial charge in [-0.2, -0.15) is 5.10 Å². The quantitative estimate of drug-likeness (QED) is 0.600. The Labute approximate surface area is 157 Å².